The number of amides is 1. The highest BCUT2D eigenvalue weighted by Crippen LogP contribution is 2.26. The van der Waals surface area contributed by atoms with Crippen LogP contribution in [-0.2, 0) is 11.3 Å². The van der Waals surface area contributed by atoms with E-state index in [1.807, 2.05) is 47.4 Å². The average Bonchev–Trinajstić information content (AvgIpc) is 3.09. The van der Waals surface area contributed by atoms with Crippen LogP contribution in [0.5, 0.6) is 0 Å². The van der Waals surface area contributed by atoms with Crippen LogP contribution in [0.1, 0.15) is 24.2 Å². The van der Waals surface area contributed by atoms with Gasteiger partial charge in [0.05, 0.1) is 11.6 Å². The van der Waals surface area contributed by atoms with Crippen LogP contribution in [0, 0.1) is 0 Å². The van der Waals surface area contributed by atoms with Crippen LogP contribution in [0.15, 0.2) is 60.9 Å². The van der Waals surface area contributed by atoms with Gasteiger partial charge in [-0.1, -0.05) is 18.2 Å². The van der Waals surface area contributed by atoms with Crippen molar-refractivity contribution >= 4 is 22.9 Å². The Morgan fingerprint density at radius 2 is 2.04 bits per heavy atom. The van der Waals surface area contributed by atoms with E-state index in [1.54, 1.807) is 12.3 Å². The first-order chi connectivity index (χ1) is 11.7. The molecule has 0 bridgehead atoms. The molecule has 24 heavy (non-hydrogen) atoms. The Hall–Kier alpha value is -2.88. The Morgan fingerprint density at radius 3 is 2.96 bits per heavy atom. The summed E-state index contributed by atoms with van der Waals surface area (Å²) in [5.41, 5.74) is 3.15. The van der Waals surface area contributed by atoms with E-state index in [9.17, 15) is 4.79 Å². The zero-order valence-electron chi connectivity index (χ0n) is 13.6. The number of carbonyl (C=O) groups excluding carboxylic acids is 1. The van der Waals surface area contributed by atoms with Gasteiger partial charge in [-0.25, -0.2) is 0 Å². The van der Waals surface area contributed by atoms with E-state index >= 15 is 0 Å². The van der Waals surface area contributed by atoms with E-state index in [1.165, 1.54) is 5.69 Å². The molecule has 4 rings (SSSR count). The van der Waals surface area contributed by atoms with Crippen molar-refractivity contribution in [2.24, 2.45) is 0 Å². The monoisotopic (exact) mass is 317 g/mol. The molecule has 1 atom stereocenters. The van der Waals surface area contributed by atoms with E-state index in [0.29, 0.717) is 0 Å². The molecule has 0 N–H and O–H groups in total. The van der Waals surface area contributed by atoms with Crippen molar-refractivity contribution in [2.45, 2.75) is 19.5 Å². The topological polar surface area (TPSA) is 38.1 Å². The minimum absolute atomic E-state index is 0.0517. The minimum Gasteiger partial charge on any atom is -0.348 e. The predicted octanol–water partition coefficient (Wildman–Crippen LogP) is 3.65. The van der Waals surface area contributed by atoms with Gasteiger partial charge in [-0.05, 0) is 42.8 Å². The van der Waals surface area contributed by atoms with Crippen LogP contribution in [0.2, 0.25) is 0 Å². The van der Waals surface area contributed by atoms with E-state index in [2.05, 4.69) is 28.7 Å². The van der Waals surface area contributed by atoms with Gasteiger partial charge in [0.25, 0.3) is 0 Å². The van der Waals surface area contributed by atoms with Crippen molar-refractivity contribution in [3.63, 3.8) is 0 Å². The summed E-state index contributed by atoms with van der Waals surface area (Å²) >= 11 is 0. The number of nitrogens with zero attached hydrogens (tertiary/aromatic N) is 3. The van der Waals surface area contributed by atoms with E-state index < -0.39 is 0 Å². The number of carbonyl (C=O) groups is 1. The van der Waals surface area contributed by atoms with Gasteiger partial charge in [0.1, 0.15) is 0 Å². The molecule has 3 aromatic rings. The van der Waals surface area contributed by atoms with Gasteiger partial charge in [0.2, 0.25) is 5.91 Å². The Kier molecular flexibility index (Phi) is 3.65. The Balaban J connectivity index is 1.59. The van der Waals surface area contributed by atoms with Crippen molar-refractivity contribution in [1.29, 1.82) is 0 Å². The highest BCUT2D eigenvalue weighted by atomic mass is 16.2. The van der Waals surface area contributed by atoms with Crippen LogP contribution in [-0.4, -0.2) is 26.9 Å². The lowest BCUT2D eigenvalue weighted by molar-refractivity contribution is -0.129. The quantitative estimate of drug-likeness (QED) is 0.677. The molecule has 1 aliphatic rings. The van der Waals surface area contributed by atoms with Crippen molar-refractivity contribution < 1.29 is 4.79 Å². The fraction of sp³-hybridized carbons (Fsp3) is 0.200. The van der Waals surface area contributed by atoms with Crippen LogP contribution >= 0.6 is 0 Å². The number of rotatable bonds is 2. The zero-order valence-corrected chi connectivity index (χ0v) is 13.6. The summed E-state index contributed by atoms with van der Waals surface area (Å²) in [6.07, 6.45) is 7.43. The van der Waals surface area contributed by atoms with Gasteiger partial charge in [-0.2, -0.15) is 0 Å². The number of hydrogen-bond acceptors (Lipinski definition) is 2. The van der Waals surface area contributed by atoms with Gasteiger partial charge in [-0.15, -0.1) is 0 Å². The lowest BCUT2D eigenvalue weighted by Gasteiger charge is -2.34. The molecule has 0 saturated carbocycles. The summed E-state index contributed by atoms with van der Waals surface area (Å²) in [4.78, 5) is 18.9. The molecular formula is C20H19N3O. The van der Waals surface area contributed by atoms with Crippen molar-refractivity contribution in [2.75, 3.05) is 6.54 Å². The Morgan fingerprint density at radius 1 is 1.17 bits per heavy atom. The average molecular weight is 317 g/mol. The van der Waals surface area contributed by atoms with Crippen molar-refractivity contribution in [3.8, 4) is 0 Å². The molecule has 2 aromatic heterocycles. The number of fused-ring (bicyclic) bond motifs is 2. The molecule has 0 radical (unpaired) electrons. The summed E-state index contributed by atoms with van der Waals surface area (Å²) < 4.78 is 2.22. The summed E-state index contributed by atoms with van der Waals surface area (Å²) in [6.45, 7) is 3.67. The first-order valence-corrected chi connectivity index (χ1v) is 8.21. The molecule has 1 aliphatic heterocycles. The van der Waals surface area contributed by atoms with E-state index in [0.717, 1.165) is 29.6 Å². The summed E-state index contributed by atoms with van der Waals surface area (Å²) in [5, 5.41) is 1.06. The molecule has 0 fully saturated rings. The molecule has 0 saturated heterocycles. The van der Waals surface area contributed by atoms with Crippen molar-refractivity contribution in [3.05, 3.63) is 72.2 Å². The van der Waals surface area contributed by atoms with Gasteiger partial charge in [0.15, 0.2) is 0 Å². The van der Waals surface area contributed by atoms with E-state index in [-0.39, 0.29) is 11.9 Å². The van der Waals surface area contributed by atoms with E-state index in [4.69, 9.17) is 0 Å². The van der Waals surface area contributed by atoms with Gasteiger partial charge in [-0.3, -0.25) is 9.78 Å². The van der Waals surface area contributed by atoms with Crippen molar-refractivity contribution in [1.82, 2.24) is 14.5 Å². The first-order valence-electron chi connectivity index (χ1n) is 8.21. The van der Waals surface area contributed by atoms with Crippen LogP contribution in [0.3, 0.4) is 0 Å². The van der Waals surface area contributed by atoms with Crippen LogP contribution < -0.4 is 0 Å². The highest BCUT2D eigenvalue weighted by Gasteiger charge is 2.25. The fourth-order valence-corrected chi connectivity index (χ4v) is 3.40. The zero-order chi connectivity index (χ0) is 16.5. The third-order valence-electron chi connectivity index (χ3n) is 4.71. The third-order valence-corrected chi connectivity index (χ3v) is 4.71. The molecule has 1 aromatic carbocycles. The number of aromatic nitrogens is 2. The Labute approximate surface area is 141 Å². The second-order valence-electron chi connectivity index (χ2n) is 6.08. The molecule has 3 heterocycles. The molecule has 120 valence electrons. The lowest BCUT2D eigenvalue weighted by atomic mass is 10.1. The second-order valence-corrected chi connectivity index (χ2v) is 6.08. The van der Waals surface area contributed by atoms with Gasteiger partial charge < -0.3 is 9.47 Å². The first kappa shape index (κ1) is 14.7. The molecule has 0 spiro atoms. The maximum absolute atomic E-state index is 12.7. The molecule has 4 heteroatoms. The summed E-state index contributed by atoms with van der Waals surface area (Å²) in [7, 11) is 0. The molecule has 1 amide bonds. The third kappa shape index (κ3) is 2.50. The maximum atomic E-state index is 12.7. The second kappa shape index (κ2) is 5.96. The Bertz CT molecular complexity index is 920. The number of benzene rings is 1. The van der Waals surface area contributed by atoms with Crippen LogP contribution in [0.25, 0.3) is 17.0 Å². The molecule has 4 nitrogen and oxygen atoms in total. The lowest BCUT2D eigenvalue weighted by Crippen LogP contribution is -2.39. The normalized spacial score (nSPS) is 17.4. The van der Waals surface area contributed by atoms with Gasteiger partial charge in [0, 0.05) is 42.6 Å². The fourth-order valence-electron chi connectivity index (χ4n) is 3.40. The minimum atomic E-state index is 0.0517. The predicted molar refractivity (Wildman–Crippen MR) is 95.3 cm³/mol. The van der Waals surface area contributed by atoms with Gasteiger partial charge >= 0.3 is 0 Å². The molecule has 0 unspecified atom stereocenters. The molecule has 0 aliphatic carbocycles. The number of pyridine rings is 1. The highest BCUT2D eigenvalue weighted by molar-refractivity contribution is 5.95. The smallest absolute Gasteiger partial charge is 0.247 e. The standard InChI is InChI=1S/C20H19N3O/c1-15-19-7-4-12-22(19)13-14-23(15)20(24)9-8-16-10-11-21-18-6-3-2-5-17(16)18/h2-12,15H,13-14H2,1H3/b9-8+/t15-/m1/s1. The SMILES string of the molecule is C[C@@H]1c2cccn2CCN1C(=O)/C=C/c1ccnc2ccccc12. The van der Waals surface area contributed by atoms with Crippen LogP contribution in [0.4, 0.5) is 0 Å². The largest absolute Gasteiger partial charge is 0.348 e. The summed E-state index contributed by atoms with van der Waals surface area (Å²) in [5.74, 6) is 0.0517. The molecular weight excluding hydrogens is 298 g/mol. The maximum Gasteiger partial charge on any atom is 0.247 e. The number of para-hydroxylation sites is 1. The summed E-state index contributed by atoms with van der Waals surface area (Å²) in [6, 6.07) is 14.1. The number of hydrogen-bond donors (Lipinski definition) is 0.